The molecule has 0 aromatic heterocycles. The van der Waals surface area contributed by atoms with Crippen LogP contribution in [0.4, 0.5) is 13.2 Å². The van der Waals surface area contributed by atoms with Crippen LogP contribution in [0.5, 0.6) is 5.75 Å². The Bertz CT molecular complexity index is 1020. The molecule has 6 heteroatoms. The van der Waals surface area contributed by atoms with E-state index in [-0.39, 0.29) is 11.8 Å². The highest BCUT2D eigenvalue weighted by molar-refractivity contribution is 5.94. The lowest BCUT2D eigenvalue weighted by Crippen LogP contribution is -2.29. The number of para-hydroxylation sites is 1. The number of benzene rings is 3. The Morgan fingerprint density at radius 3 is 2.25 bits per heavy atom. The lowest BCUT2D eigenvalue weighted by Gasteiger charge is -2.22. The number of amides is 1. The van der Waals surface area contributed by atoms with Crippen molar-refractivity contribution < 1.29 is 22.7 Å². The first-order chi connectivity index (χ1) is 15.2. The van der Waals surface area contributed by atoms with E-state index >= 15 is 0 Å². The monoisotopic (exact) mass is 441 g/mol. The molecule has 0 radical (unpaired) electrons. The molecule has 0 spiro atoms. The summed E-state index contributed by atoms with van der Waals surface area (Å²) in [5.41, 5.74) is 1.25. The second-order valence-electron chi connectivity index (χ2n) is 8.08. The average molecular weight is 441 g/mol. The van der Waals surface area contributed by atoms with Gasteiger partial charge in [-0.3, -0.25) is 4.79 Å². The highest BCUT2D eigenvalue weighted by Crippen LogP contribution is 2.31. The van der Waals surface area contributed by atoms with E-state index in [1.807, 2.05) is 50.2 Å². The topological polar surface area (TPSA) is 38.3 Å². The fraction of sp³-hybridized carbons (Fsp3) is 0.269. The van der Waals surface area contributed by atoms with E-state index in [4.69, 9.17) is 4.74 Å². The van der Waals surface area contributed by atoms with Crippen molar-refractivity contribution in [2.24, 2.45) is 5.92 Å². The molecule has 1 atom stereocenters. The van der Waals surface area contributed by atoms with E-state index in [0.717, 1.165) is 23.4 Å². The summed E-state index contributed by atoms with van der Waals surface area (Å²) in [7, 11) is 0. The van der Waals surface area contributed by atoms with Crippen LogP contribution in [0.3, 0.4) is 0 Å². The molecule has 0 saturated heterocycles. The maximum absolute atomic E-state index is 12.9. The molecule has 0 aliphatic heterocycles. The lowest BCUT2D eigenvalue weighted by atomic mass is 9.95. The summed E-state index contributed by atoms with van der Waals surface area (Å²) in [6, 6.07) is 21.1. The first kappa shape index (κ1) is 23.4. The SMILES string of the molecule is CC(C)CC(NC(=O)c1cccc(COc2ccccc2)c1)c1ccc(C(F)(F)F)cc1. The number of hydrogen-bond acceptors (Lipinski definition) is 2. The molecule has 1 N–H and O–H groups in total. The normalized spacial score (nSPS) is 12.4. The first-order valence-electron chi connectivity index (χ1n) is 10.5. The number of carbonyl (C=O) groups excluding carboxylic acids is 1. The first-order valence-corrected chi connectivity index (χ1v) is 10.5. The molecule has 0 bridgehead atoms. The highest BCUT2D eigenvalue weighted by atomic mass is 19.4. The maximum Gasteiger partial charge on any atom is 0.416 e. The molecular formula is C26H26F3NO2. The van der Waals surface area contributed by atoms with Crippen molar-refractivity contribution in [3.63, 3.8) is 0 Å². The van der Waals surface area contributed by atoms with Gasteiger partial charge in [-0.25, -0.2) is 0 Å². The minimum atomic E-state index is -4.39. The third-order valence-corrected chi connectivity index (χ3v) is 4.99. The molecule has 168 valence electrons. The molecule has 1 amide bonds. The van der Waals surface area contributed by atoms with Crippen LogP contribution >= 0.6 is 0 Å². The fourth-order valence-electron chi connectivity index (χ4n) is 3.38. The molecular weight excluding hydrogens is 415 g/mol. The summed E-state index contributed by atoms with van der Waals surface area (Å²) in [4.78, 5) is 12.9. The Morgan fingerprint density at radius 2 is 1.62 bits per heavy atom. The Kier molecular flexibility index (Phi) is 7.57. The zero-order chi connectivity index (χ0) is 23.1. The Morgan fingerprint density at radius 1 is 0.938 bits per heavy atom. The van der Waals surface area contributed by atoms with Crippen LogP contribution in [0.2, 0.25) is 0 Å². The van der Waals surface area contributed by atoms with Gasteiger partial charge >= 0.3 is 6.18 Å². The Labute approximate surface area is 186 Å². The zero-order valence-corrected chi connectivity index (χ0v) is 18.0. The number of nitrogens with one attached hydrogen (secondary N) is 1. The van der Waals surface area contributed by atoms with Crippen LogP contribution in [-0.2, 0) is 12.8 Å². The predicted molar refractivity (Wildman–Crippen MR) is 118 cm³/mol. The molecule has 0 heterocycles. The van der Waals surface area contributed by atoms with Crippen molar-refractivity contribution in [2.45, 2.75) is 39.1 Å². The van der Waals surface area contributed by atoms with E-state index in [0.29, 0.717) is 24.2 Å². The summed E-state index contributed by atoms with van der Waals surface area (Å²) in [6.07, 6.45) is -3.79. The number of rotatable bonds is 8. The van der Waals surface area contributed by atoms with Crippen LogP contribution in [0.1, 0.15) is 53.4 Å². The van der Waals surface area contributed by atoms with Crippen LogP contribution in [0.15, 0.2) is 78.9 Å². The number of alkyl halides is 3. The van der Waals surface area contributed by atoms with Crippen molar-refractivity contribution in [1.29, 1.82) is 0 Å². The smallest absolute Gasteiger partial charge is 0.416 e. The minimum absolute atomic E-state index is 0.244. The van der Waals surface area contributed by atoms with E-state index in [1.54, 1.807) is 18.2 Å². The predicted octanol–water partition coefficient (Wildman–Crippen LogP) is 6.80. The van der Waals surface area contributed by atoms with Gasteiger partial charge in [0, 0.05) is 5.56 Å². The zero-order valence-electron chi connectivity index (χ0n) is 18.0. The summed E-state index contributed by atoms with van der Waals surface area (Å²) in [5.74, 6) is 0.701. The van der Waals surface area contributed by atoms with Crippen LogP contribution in [0, 0.1) is 5.92 Å². The van der Waals surface area contributed by atoms with Gasteiger partial charge in [0.15, 0.2) is 0 Å². The lowest BCUT2D eigenvalue weighted by molar-refractivity contribution is -0.137. The number of halogens is 3. The summed E-state index contributed by atoms with van der Waals surface area (Å²) in [6.45, 7) is 4.33. The fourth-order valence-corrected chi connectivity index (χ4v) is 3.38. The number of ether oxygens (including phenoxy) is 1. The molecule has 3 aromatic rings. The molecule has 32 heavy (non-hydrogen) atoms. The molecule has 3 aromatic carbocycles. The minimum Gasteiger partial charge on any atom is -0.489 e. The summed E-state index contributed by atoms with van der Waals surface area (Å²) in [5, 5.41) is 2.98. The van der Waals surface area contributed by atoms with E-state index in [9.17, 15) is 18.0 Å². The third kappa shape index (κ3) is 6.61. The van der Waals surface area contributed by atoms with Crippen LogP contribution in [-0.4, -0.2) is 5.91 Å². The molecule has 0 aliphatic carbocycles. The number of hydrogen-bond donors (Lipinski definition) is 1. The van der Waals surface area contributed by atoms with Crippen molar-refractivity contribution in [1.82, 2.24) is 5.32 Å². The Hall–Kier alpha value is -3.28. The van der Waals surface area contributed by atoms with Gasteiger partial charge in [-0.1, -0.05) is 56.3 Å². The Balaban J connectivity index is 1.72. The van der Waals surface area contributed by atoms with Crippen LogP contribution < -0.4 is 10.1 Å². The van der Waals surface area contributed by atoms with E-state index < -0.39 is 17.8 Å². The second kappa shape index (κ2) is 10.4. The van der Waals surface area contributed by atoms with E-state index in [2.05, 4.69) is 5.32 Å². The highest BCUT2D eigenvalue weighted by Gasteiger charge is 2.30. The van der Waals surface area contributed by atoms with Crippen LogP contribution in [0.25, 0.3) is 0 Å². The van der Waals surface area contributed by atoms with E-state index in [1.165, 1.54) is 12.1 Å². The van der Waals surface area contributed by atoms with Crippen molar-refractivity contribution in [3.05, 3.63) is 101 Å². The van der Waals surface area contributed by atoms with Gasteiger partial charge in [0.25, 0.3) is 5.91 Å². The van der Waals surface area contributed by atoms with Gasteiger partial charge in [0.2, 0.25) is 0 Å². The van der Waals surface area contributed by atoms with Crippen molar-refractivity contribution in [3.8, 4) is 5.75 Å². The third-order valence-electron chi connectivity index (χ3n) is 4.99. The molecule has 0 saturated carbocycles. The largest absolute Gasteiger partial charge is 0.489 e. The van der Waals surface area contributed by atoms with Gasteiger partial charge in [0.1, 0.15) is 12.4 Å². The molecule has 0 fully saturated rings. The summed E-state index contributed by atoms with van der Waals surface area (Å²) >= 11 is 0. The molecule has 3 rings (SSSR count). The van der Waals surface area contributed by atoms with Gasteiger partial charge < -0.3 is 10.1 Å². The quantitative estimate of drug-likeness (QED) is 0.417. The van der Waals surface area contributed by atoms with Gasteiger partial charge in [0.05, 0.1) is 11.6 Å². The molecule has 1 unspecified atom stereocenters. The van der Waals surface area contributed by atoms with Gasteiger partial charge in [-0.05, 0) is 59.9 Å². The van der Waals surface area contributed by atoms with Crippen molar-refractivity contribution >= 4 is 5.91 Å². The van der Waals surface area contributed by atoms with Gasteiger partial charge in [-0.2, -0.15) is 13.2 Å². The average Bonchev–Trinajstić information content (AvgIpc) is 2.77. The van der Waals surface area contributed by atoms with Crippen molar-refractivity contribution in [2.75, 3.05) is 0 Å². The summed E-state index contributed by atoms with van der Waals surface area (Å²) < 4.78 is 44.4. The second-order valence-corrected chi connectivity index (χ2v) is 8.08. The molecule has 3 nitrogen and oxygen atoms in total. The molecule has 0 aliphatic rings. The maximum atomic E-state index is 12.9. The van der Waals surface area contributed by atoms with Gasteiger partial charge in [-0.15, -0.1) is 0 Å². The number of carbonyl (C=O) groups is 1. The standard InChI is InChI=1S/C26H26F3NO2/c1-18(2)15-24(20-11-13-22(14-12-20)26(27,28)29)30-25(31)21-8-6-7-19(16-21)17-32-23-9-4-3-5-10-23/h3-14,16,18,24H,15,17H2,1-2H3,(H,30,31).